The van der Waals surface area contributed by atoms with Crippen molar-refractivity contribution in [2.75, 3.05) is 32.8 Å². The van der Waals surface area contributed by atoms with Gasteiger partial charge in [-0.05, 0) is 63.0 Å². The van der Waals surface area contributed by atoms with Crippen LogP contribution in [0.3, 0.4) is 0 Å². The summed E-state index contributed by atoms with van der Waals surface area (Å²) in [5.74, 6) is 0.393. The summed E-state index contributed by atoms with van der Waals surface area (Å²) in [7, 11) is 0. The molecule has 0 spiro atoms. The lowest BCUT2D eigenvalue weighted by Gasteiger charge is -2.32. The fraction of sp³-hybridized carbons (Fsp3) is 0.647. The number of aliphatic hydroxyl groups excluding tert-OH is 1. The van der Waals surface area contributed by atoms with E-state index in [9.17, 15) is 13.2 Å². The van der Waals surface area contributed by atoms with Crippen LogP contribution in [0, 0.1) is 5.92 Å². The number of alkyl halides is 3. The number of rotatable bonds is 7. The zero-order valence-corrected chi connectivity index (χ0v) is 13.9. The Kier molecular flexibility index (Phi) is 6.89. The van der Waals surface area contributed by atoms with Crippen molar-refractivity contribution in [3.63, 3.8) is 0 Å². The van der Waals surface area contributed by atoms with Crippen molar-refractivity contribution >= 4 is 0 Å². The molecule has 4 nitrogen and oxygen atoms in total. The van der Waals surface area contributed by atoms with Gasteiger partial charge in [-0.2, -0.15) is 0 Å². The highest BCUT2D eigenvalue weighted by Gasteiger charge is 2.31. The molecule has 1 atom stereocenters. The second-order valence-corrected chi connectivity index (χ2v) is 6.26. The molecule has 7 heteroatoms. The minimum Gasteiger partial charge on any atom is -0.406 e. The minimum absolute atomic E-state index is 0.0698. The number of hydrogen-bond donors (Lipinski definition) is 2. The predicted molar refractivity (Wildman–Crippen MR) is 85.8 cm³/mol. The van der Waals surface area contributed by atoms with E-state index >= 15 is 0 Å². The molecule has 24 heavy (non-hydrogen) atoms. The first-order valence-electron chi connectivity index (χ1n) is 8.29. The zero-order chi connectivity index (χ0) is 17.6. The maximum atomic E-state index is 12.2. The van der Waals surface area contributed by atoms with Gasteiger partial charge in [-0.25, -0.2) is 0 Å². The molecule has 0 saturated carbocycles. The van der Waals surface area contributed by atoms with Gasteiger partial charge in [0.2, 0.25) is 0 Å². The van der Waals surface area contributed by atoms with Crippen LogP contribution in [-0.2, 0) is 0 Å². The molecule has 1 aromatic rings. The molecule has 0 radical (unpaired) electrons. The third kappa shape index (κ3) is 6.30. The van der Waals surface area contributed by atoms with Gasteiger partial charge in [-0.15, -0.1) is 13.2 Å². The van der Waals surface area contributed by atoms with Crippen molar-refractivity contribution in [3.8, 4) is 5.75 Å². The van der Waals surface area contributed by atoms with Gasteiger partial charge in [-0.3, -0.25) is 0 Å². The summed E-state index contributed by atoms with van der Waals surface area (Å²) in [6, 6.07) is 6.06. The van der Waals surface area contributed by atoms with Gasteiger partial charge in [-0.1, -0.05) is 12.1 Å². The Morgan fingerprint density at radius 2 is 1.88 bits per heavy atom. The number of halogens is 3. The van der Waals surface area contributed by atoms with E-state index in [4.69, 9.17) is 5.11 Å². The highest BCUT2D eigenvalue weighted by Crippen LogP contribution is 2.24. The van der Waals surface area contributed by atoms with Gasteiger partial charge in [0.1, 0.15) is 5.75 Å². The number of ether oxygens (including phenoxy) is 1. The lowest BCUT2D eigenvalue weighted by atomic mass is 9.96. The van der Waals surface area contributed by atoms with E-state index in [-0.39, 0.29) is 18.4 Å². The SMILES string of the molecule is C[C@H](NCC1CCN(CCO)CC1)c1ccc(OC(F)(F)F)cc1. The Labute approximate surface area is 140 Å². The maximum Gasteiger partial charge on any atom is 0.573 e. The summed E-state index contributed by atoms with van der Waals surface area (Å²) >= 11 is 0. The number of nitrogens with one attached hydrogen (secondary N) is 1. The van der Waals surface area contributed by atoms with E-state index in [0.29, 0.717) is 5.92 Å². The smallest absolute Gasteiger partial charge is 0.406 e. The van der Waals surface area contributed by atoms with Crippen LogP contribution in [0.2, 0.25) is 0 Å². The predicted octanol–water partition coefficient (Wildman–Crippen LogP) is 2.94. The Bertz CT molecular complexity index is 486. The summed E-state index contributed by atoms with van der Waals surface area (Å²) in [5.41, 5.74) is 0.933. The molecule has 1 aromatic carbocycles. The van der Waals surface area contributed by atoms with Crippen LogP contribution in [0.5, 0.6) is 5.75 Å². The van der Waals surface area contributed by atoms with Crippen molar-refractivity contribution in [1.82, 2.24) is 10.2 Å². The number of likely N-dealkylation sites (tertiary alicyclic amines) is 1. The average Bonchev–Trinajstić information content (AvgIpc) is 2.53. The van der Waals surface area contributed by atoms with Gasteiger partial charge in [0.15, 0.2) is 0 Å². The zero-order valence-electron chi connectivity index (χ0n) is 13.9. The lowest BCUT2D eigenvalue weighted by molar-refractivity contribution is -0.274. The first-order valence-corrected chi connectivity index (χ1v) is 8.29. The molecule has 2 rings (SSSR count). The van der Waals surface area contributed by atoms with Crippen molar-refractivity contribution in [2.24, 2.45) is 5.92 Å². The quantitative estimate of drug-likeness (QED) is 0.797. The topological polar surface area (TPSA) is 44.7 Å². The number of benzene rings is 1. The van der Waals surface area contributed by atoms with Crippen LogP contribution in [-0.4, -0.2) is 49.2 Å². The highest BCUT2D eigenvalue weighted by atomic mass is 19.4. The molecule has 0 bridgehead atoms. The highest BCUT2D eigenvalue weighted by molar-refractivity contribution is 5.29. The molecule has 136 valence electrons. The van der Waals surface area contributed by atoms with Crippen LogP contribution in [0.4, 0.5) is 13.2 Å². The summed E-state index contributed by atoms with van der Waals surface area (Å²) in [6.45, 7) is 5.84. The average molecular weight is 346 g/mol. The van der Waals surface area contributed by atoms with Gasteiger partial charge >= 0.3 is 6.36 Å². The number of aliphatic hydroxyl groups is 1. The second kappa shape index (κ2) is 8.69. The van der Waals surface area contributed by atoms with Gasteiger partial charge < -0.3 is 20.1 Å². The minimum atomic E-state index is -4.66. The summed E-state index contributed by atoms with van der Waals surface area (Å²) in [6.07, 6.45) is -2.47. The molecule has 2 N–H and O–H groups in total. The third-order valence-electron chi connectivity index (χ3n) is 4.45. The molecule has 0 unspecified atom stereocenters. The lowest BCUT2D eigenvalue weighted by Crippen LogP contribution is -2.39. The standard InChI is InChI=1S/C17H25F3N2O2/c1-13(15-2-4-16(5-3-15)24-17(18,19)20)21-12-14-6-8-22(9-7-14)10-11-23/h2-5,13-14,21,23H,6-12H2,1H3/t13-/m0/s1. The molecule has 1 heterocycles. The Morgan fingerprint density at radius 1 is 1.25 bits per heavy atom. The maximum absolute atomic E-state index is 12.2. The monoisotopic (exact) mass is 346 g/mol. The van der Waals surface area contributed by atoms with E-state index in [0.717, 1.165) is 44.6 Å². The van der Waals surface area contributed by atoms with Crippen molar-refractivity contribution in [2.45, 2.75) is 32.2 Å². The van der Waals surface area contributed by atoms with Gasteiger partial charge in [0.25, 0.3) is 0 Å². The summed E-state index contributed by atoms with van der Waals surface area (Å²) < 4.78 is 40.3. The second-order valence-electron chi connectivity index (χ2n) is 6.26. The van der Waals surface area contributed by atoms with Crippen molar-refractivity contribution < 1.29 is 23.0 Å². The van der Waals surface area contributed by atoms with Crippen molar-refractivity contribution in [1.29, 1.82) is 0 Å². The number of hydrogen-bond acceptors (Lipinski definition) is 4. The molecule has 0 aromatic heterocycles. The number of β-amino-alcohol motifs (C(OH)–C–C–N with tert-alkyl or cyclic N) is 1. The largest absolute Gasteiger partial charge is 0.573 e. The van der Waals surface area contributed by atoms with Crippen LogP contribution >= 0.6 is 0 Å². The third-order valence-corrected chi connectivity index (χ3v) is 4.45. The van der Waals surface area contributed by atoms with Gasteiger partial charge in [0.05, 0.1) is 6.61 Å². The molecule has 1 saturated heterocycles. The fourth-order valence-corrected chi connectivity index (χ4v) is 2.98. The Morgan fingerprint density at radius 3 is 2.42 bits per heavy atom. The van der Waals surface area contributed by atoms with E-state index in [1.54, 1.807) is 12.1 Å². The molecule has 0 amide bonds. The molecular weight excluding hydrogens is 321 g/mol. The molecule has 1 fully saturated rings. The van der Waals surface area contributed by atoms with Crippen LogP contribution in [0.15, 0.2) is 24.3 Å². The van der Waals surface area contributed by atoms with Gasteiger partial charge in [0, 0.05) is 12.6 Å². The van der Waals surface area contributed by atoms with Crippen molar-refractivity contribution in [3.05, 3.63) is 29.8 Å². The Hall–Kier alpha value is -1.31. The number of piperidine rings is 1. The van der Waals surface area contributed by atoms with E-state index < -0.39 is 6.36 Å². The number of nitrogens with zero attached hydrogens (tertiary/aromatic N) is 1. The van der Waals surface area contributed by atoms with E-state index in [1.807, 2.05) is 6.92 Å². The first-order chi connectivity index (χ1) is 11.4. The normalized spacial score (nSPS) is 18.5. The molecule has 1 aliphatic rings. The van der Waals surface area contributed by atoms with Crippen LogP contribution in [0.1, 0.15) is 31.4 Å². The Balaban J connectivity index is 1.75. The molecular formula is C17H25F3N2O2. The fourth-order valence-electron chi connectivity index (χ4n) is 2.98. The molecule has 1 aliphatic heterocycles. The van der Waals surface area contributed by atoms with Crippen LogP contribution < -0.4 is 10.1 Å². The van der Waals surface area contributed by atoms with E-state index in [1.165, 1.54) is 12.1 Å². The summed E-state index contributed by atoms with van der Waals surface area (Å²) in [4.78, 5) is 2.26. The first kappa shape index (κ1) is 19.0. The summed E-state index contributed by atoms with van der Waals surface area (Å²) in [5, 5.41) is 12.4. The van der Waals surface area contributed by atoms with Crippen LogP contribution in [0.25, 0.3) is 0 Å². The van der Waals surface area contributed by atoms with E-state index in [2.05, 4.69) is 15.0 Å². The molecule has 0 aliphatic carbocycles.